The van der Waals surface area contributed by atoms with Gasteiger partial charge in [0.1, 0.15) is 36.0 Å². The fraction of sp³-hybridized carbons (Fsp3) is 0.368. The van der Waals surface area contributed by atoms with Crippen molar-refractivity contribution in [3.8, 4) is 17.2 Å². The number of halogens is 1. The van der Waals surface area contributed by atoms with Gasteiger partial charge in [0.25, 0.3) is 5.56 Å². The first kappa shape index (κ1) is 20.5. The molecule has 0 spiro atoms. The average molecular weight is 407 g/mol. The van der Waals surface area contributed by atoms with Gasteiger partial charge >= 0.3 is 0 Å². The normalized spacial score (nSPS) is 27.4. The molecule has 0 bridgehead atoms. The maximum Gasteiger partial charge on any atom is 0.266 e. The van der Waals surface area contributed by atoms with Crippen LogP contribution >= 0.6 is 11.6 Å². The van der Waals surface area contributed by atoms with E-state index < -0.39 is 42.7 Å². The number of hydrogen-bond acceptors (Lipinski definition) is 7. The summed E-state index contributed by atoms with van der Waals surface area (Å²) >= 11 is 5.89. The molecule has 2 heterocycles. The lowest BCUT2D eigenvalue weighted by Crippen LogP contribution is -2.59. The lowest BCUT2D eigenvalue weighted by molar-refractivity contribution is -0.228. The number of H-pyrrole nitrogens is 1. The fourth-order valence-corrected chi connectivity index (χ4v) is 3.38. The Kier molecular flexibility index (Phi) is 6.15. The van der Waals surface area contributed by atoms with Crippen LogP contribution in [0.4, 0.5) is 0 Å². The van der Waals surface area contributed by atoms with Gasteiger partial charge in [-0.25, -0.2) is 0 Å². The van der Waals surface area contributed by atoms with Crippen molar-refractivity contribution in [1.29, 1.82) is 5.26 Å². The highest BCUT2D eigenvalue weighted by molar-refractivity contribution is 6.30. The van der Waals surface area contributed by atoms with Crippen molar-refractivity contribution in [3.63, 3.8) is 0 Å². The van der Waals surface area contributed by atoms with Crippen LogP contribution in [0.15, 0.2) is 35.1 Å². The summed E-state index contributed by atoms with van der Waals surface area (Å²) in [5.74, 6) is 0. The van der Waals surface area contributed by atoms with Gasteiger partial charge in [0.2, 0.25) is 0 Å². The molecule has 148 valence electrons. The Balaban J connectivity index is 1.96. The van der Waals surface area contributed by atoms with Gasteiger partial charge in [-0.3, -0.25) is 4.79 Å². The van der Waals surface area contributed by atoms with E-state index in [0.29, 0.717) is 21.8 Å². The first-order chi connectivity index (χ1) is 13.3. The Hall–Kier alpha value is -2.25. The van der Waals surface area contributed by atoms with E-state index in [-0.39, 0.29) is 12.0 Å². The van der Waals surface area contributed by atoms with Crippen molar-refractivity contribution in [2.75, 3.05) is 6.61 Å². The van der Waals surface area contributed by atoms with Crippen molar-refractivity contribution in [1.82, 2.24) is 4.98 Å². The quantitative estimate of drug-likeness (QED) is 0.478. The molecule has 8 nitrogen and oxygen atoms in total. The van der Waals surface area contributed by atoms with Gasteiger partial charge in [-0.1, -0.05) is 23.7 Å². The predicted molar refractivity (Wildman–Crippen MR) is 99.7 cm³/mol. The Morgan fingerprint density at radius 1 is 1.11 bits per heavy atom. The smallest absolute Gasteiger partial charge is 0.266 e. The lowest BCUT2D eigenvalue weighted by atomic mass is 9.92. The molecule has 1 aliphatic heterocycles. The number of aliphatic hydroxyl groups excluding tert-OH is 4. The van der Waals surface area contributed by atoms with E-state index in [0.717, 1.165) is 0 Å². The summed E-state index contributed by atoms with van der Waals surface area (Å²) < 4.78 is 5.48. The number of nitriles is 1. The molecule has 1 aromatic heterocycles. The molecule has 0 amide bonds. The third-order valence-corrected chi connectivity index (χ3v) is 5.02. The molecular formula is C19H19ClN2O6. The largest absolute Gasteiger partial charge is 0.394 e. The minimum absolute atomic E-state index is 0.0109. The Morgan fingerprint density at radius 3 is 2.36 bits per heavy atom. The van der Waals surface area contributed by atoms with E-state index in [1.54, 1.807) is 30.3 Å². The van der Waals surface area contributed by atoms with Crippen LogP contribution in [0.3, 0.4) is 0 Å². The third kappa shape index (κ3) is 3.95. The molecule has 3 rings (SSSR count). The monoisotopic (exact) mass is 406 g/mol. The Bertz CT molecular complexity index is 937. The Labute approximate surface area is 165 Å². The molecule has 2 aromatic rings. The van der Waals surface area contributed by atoms with Crippen LogP contribution in [-0.2, 0) is 11.2 Å². The first-order valence-electron chi connectivity index (χ1n) is 8.58. The number of nitrogens with one attached hydrogen (secondary N) is 1. The molecular weight excluding hydrogens is 388 g/mol. The molecule has 1 aromatic carbocycles. The van der Waals surface area contributed by atoms with E-state index in [1.165, 1.54) is 0 Å². The summed E-state index contributed by atoms with van der Waals surface area (Å²) in [6.45, 7) is -0.540. The summed E-state index contributed by atoms with van der Waals surface area (Å²) in [6.07, 6.45) is -6.40. The first-order valence-corrected chi connectivity index (χ1v) is 8.96. The van der Waals surface area contributed by atoms with Crippen LogP contribution in [0.5, 0.6) is 0 Å². The zero-order chi connectivity index (χ0) is 20.4. The summed E-state index contributed by atoms with van der Waals surface area (Å²) in [7, 11) is 0. The van der Waals surface area contributed by atoms with Crippen LogP contribution < -0.4 is 5.56 Å². The molecule has 9 heteroatoms. The molecule has 0 aliphatic carbocycles. The topological polar surface area (TPSA) is 147 Å². The van der Waals surface area contributed by atoms with Gasteiger partial charge in [0.15, 0.2) is 0 Å². The van der Waals surface area contributed by atoms with Crippen molar-refractivity contribution < 1.29 is 25.2 Å². The molecule has 28 heavy (non-hydrogen) atoms. The zero-order valence-electron chi connectivity index (χ0n) is 14.6. The molecule has 5 atom stereocenters. The number of benzene rings is 1. The highest BCUT2D eigenvalue weighted by Crippen LogP contribution is 2.27. The molecule has 0 saturated carbocycles. The van der Waals surface area contributed by atoms with Gasteiger partial charge in [-0.15, -0.1) is 0 Å². The number of aromatic nitrogens is 1. The van der Waals surface area contributed by atoms with E-state index in [2.05, 4.69) is 4.98 Å². The van der Waals surface area contributed by atoms with Gasteiger partial charge in [-0.05, 0) is 23.8 Å². The van der Waals surface area contributed by atoms with Crippen LogP contribution in [0.25, 0.3) is 11.1 Å². The van der Waals surface area contributed by atoms with E-state index in [4.69, 9.17) is 16.3 Å². The molecule has 1 fully saturated rings. The van der Waals surface area contributed by atoms with Crippen molar-refractivity contribution in [2.24, 2.45) is 0 Å². The van der Waals surface area contributed by atoms with Gasteiger partial charge in [0.05, 0.1) is 12.7 Å². The lowest BCUT2D eigenvalue weighted by Gasteiger charge is -2.40. The summed E-state index contributed by atoms with van der Waals surface area (Å²) in [4.78, 5) is 14.9. The van der Waals surface area contributed by atoms with Crippen LogP contribution in [-0.4, -0.2) is 62.5 Å². The number of aromatic amines is 1. The Morgan fingerprint density at radius 2 is 1.75 bits per heavy atom. The second kappa shape index (κ2) is 8.41. The predicted octanol–water partition coefficient (Wildman–Crippen LogP) is -0.0481. The van der Waals surface area contributed by atoms with Crippen LogP contribution in [0.2, 0.25) is 5.02 Å². The average Bonchev–Trinajstić information content (AvgIpc) is 2.68. The van der Waals surface area contributed by atoms with E-state index in [1.807, 2.05) is 6.07 Å². The highest BCUT2D eigenvalue weighted by atomic mass is 35.5. The number of rotatable bonds is 4. The van der Waals surface area contributed by atoms with E-state index >= 15 is 0 Å². The number of hydrogen-bond donors (Lipinski definition) is 5. The second-order valence-electron chi connectivity index (χ2n) is 6.60. The van der Waals surface area contributed by atoms with Crippen LogP contribution in [0.1, 0.15) is 11.3 Å². The zero-order valence-corrected chi connectivity index (χ0v) is 15.4. The number of aliphatic hydroxyl groups is 4. The fourth-order valence-electron chi connectivity index (χ4n) is 3.26. The minimum atomic E-state index is -1.50. The van der Waals surface area contributed by atoms with Gasteiger partial charge < -0.3 is 30.1 Å². The summed E-state index contributed by atoms with van der Waals surface area (Å²) in [6, 6.07) is 10.1. The van der Waals surface area contributed by atoms with E-state index in [9.17, 15) is 30.5 Å². The van der Waals surface area contributed by atoms with Crippen molar-refractivity contribution >= 4 is 11.6 Å². The van der Waals surface area contributed by atoms with Crippen LogP contribution in [0, 0.1) is 11.3 Å². The van der Waals surface area contributed by atoms with Gasteiger partial charge in [-0.2, -0.15) is 5.26 Å². The molecule has 0 unspecified atom stereocenters. The third-order valence-electron chi connectivity index (χ3n) is 4.77. The van der Waals surface area contributed by atoms with Crippen molar-refractivity contribution in [2.45, 2.75) is 36.9 Å². The molecule has 1 saturated heterocycles. The highest BCUT2D eigenvalue weighted by Gasteiger charge is 2.43. The number of pyridine rings is 1. The standard InChI is InChI=1S/C19H19ClN2O6/c20-10-3-1-9(2-4-10)12-5-11(22-19(27)13(12)7-21)6-14-16(24)18(26)17(25)15(8-23)28-14/h1-5,14-18,23-26H,6,8H2,(H,22,27)/t14-,15+,16-,17+,18+/m0/s1. The van der Waals surface area contributed by atoms with Crippen molar-refractivity contribution in [3.05, 3.63) is 57.0 Å². The number of nitrogens with zero attached hydrogens (tertiary/aromatic N) is 1. The molecule has 1 aliphatic rings. The molecule has 0 radical (unpaired) electrons. The second-order valence-corrected chi connectivity index (χ2v) is 7.04. The molecule has 5 N–H and O–H groups in total. The number of ether oxygens (including phenoxy) is 1. The van der Waals surface area contributed by atoms with Gasteiger partial charge in [0, 0.05) is 22.7 Å². The summed E-state index contributed by atoms with van der Waals surface area (Å²) in [5.41, 5.74) is 0.692. The SMILES string of the molecule is N#Cc1c(-c2ccc(Cl)cc2)cc(C[C@@H]2O[C@H](CO)[C@@H](O)[C@H](O)[C@H]2O)[nH]c1=O. The summed E-state index contributed by atoms with van der Waals surface area (Å²) in [5, 5.41) is 49.1. The minimum Gasteiger partial charge on any atom is -0.394 e. The maximum atomic E-state index is 12.4. The maximum absolute atomic E-state index is 12.4.